The van der Waals surface area contributed by atoms with Crippen LogP contribution in [0.15, 0.2) is 5.10 Å². The average molecular weight is 199 g/mol. The first kappa shape index (κ1) is 10.1. The number of carbonyl (C=O) groups is 1. The Kier molecular flexibility index (Phi) is 3.82. The van der Waals surface area contributed by atoms with Crippen molar-refractivity contribution in [3.63, 3.8) is 0 Å². The van der Waals surface area contributed by atoms with Crippen LogP contribution in [0.3, 0.4) is 0 Å². The largest absolute Gasteiger partial charge is 0.375 e. The minimum absolute atomic E-state index is 0.0457. The molecule has 1 aliphatic rings. The summed E-state index contributed by atoms with van der Waals surface area (Å²) in [4.78, 5) is 11.3. The molecule has 0 aliphatic heterocycles. The molecular formula is C8H13N3OS. The van der Waals surface area contributed by atoms with E-state index in [1.165, 1.54) is 0 Å². The van der Waals surface area contributed by atoms with Gasteiger partial charge >= 0.3 is 0 Å². The highest BCUT2D eigenvalue weighted by Gasteiger charge is 2.19. The van der Waals surface area contributed by atoms with E-state index in [2.05, 4.69) is 22.7 Å². The predicted octanol–water partition coefficient (Wildman–Crippen LogP) is 0.565. The van der Waals surface area contributed by atoms with Gasteiger partial charge < -0.3 is 5.73 Å². The number of hydrogen-bond donors (Lipinski definition) is 2. The first-order chi connectivity index (χ1) is 6.20. The van der Waals surface area contributed by atoms with Crippen molar-refractivity contribution >= 4 is 29.3 Å². The molecule has 0 aromatic carbocycles. The van der Waals surface area contributed by atoms with Crippen molar-refractivity contribution in [3.05, 3.63) is 0 Å². The van der Waals surface area contributed by atoms with Gasteiger partial charge in [0.05, 0.1) is 5.92 Å². The van der Waals surface area contributed by atoms with Gasteiger partial charge in [0.1, 0.15) is 5.78 Å². The van der Waals surface area contributed by atoms with Gasteiger partial charge in [-0.05, 0) is 25.1 Å². The summed E-state index contributed by atoms with van der Waals surface area (Å²) in [6.45, 7) is 0. The topological polar surface area (TPSA) is 67.5 Å². The van der Waals surface area contributed by atoms with E-state index < -0.39 is 0 Å². The summed E-state index contributed by atoms with van der Waals surface area (Å²) in [5.74, 6) is 0.218. The molecule has 72 valence electrons. The molecule has 1 rings (SSSR count). The number of carbonyl (C=O) groups excluding carboxylic acids is 1. The number of rotatable bonds is 2. The van der Waals surface area contributed by atoms with Crippen LogP contribution in [0.2, 0.25) is 0 Å². The Balaban J connectivity index is 2.37. The van der Waals surface area contributed by atoms with E-state index in [4.69, 9.17) is 5.73 Å². The fourth-order valence-corrected chi connectivity index (χ4v) is 1.41. The van der Waals surface area contributed by atoms with Crippen molar-refractivity contribution in [1.29, 1.82) is 0 Å². The minimum atomic E-state index is -0.0457. The third kappa shape index (κ3) is 3.50. The second-order valence-electron chi connectivity index (χ2n) is 3.07. The molecule has 0 aromatic rings. The predicted molar refractivity (Wildman–Crippen MR) is 55.4 cm³/mol. The third-order valence-electron chi connectivity index (χ3n) is 2.03. The molecule has 0 spiro atoms. The van der Waals surface area contributed by atoms with E-state index in [0.717, 1.165) is 19.3 Å². The second-order valence-corrected chi connectivity index (χ2v) is 3.51. The summed E-state index contributed by atoms with van der Waals surface area (Å²) in [7, 11) is 0. The van der Waals surface area contributed by atoms with Crippen LogP contribution in [0.25, 0.3) is 0 Å². The number of thiocarbonyl (C=S) groups is 1. The van der Waals surface area contributed by atoms with Gasteiger partial charge in [-0.2, -0.15) is 5.10 Å². The molecule has 0 heterocycles. The van der Waals surface area contributed by atoms with Crippen molar-refractivity contribution < 1.29 is 4.79 Å². The van der Waals surface area contributed by atoms with Gasteiger partial charge in [0, 0.05) is 12.6 Å². The summed E-state index contributed by atoms with van der Waals surface area (Å²) in [6.07, 6.45) is 5.26. The van der Waals surface area contributed by atoms with Crippen LogP contribution < -0.4 is 11.2 Å². The van der Waals surface area contributed by atoms with Crippen molar-refractivity contribution in [3.8, 4) is 0 Å². The molecule has 0 radical (unpaired) electrons. The first-order valence-electron chi connectivity index (χ1n) is 4.31. The van der Waals surface area contributed by atoms with E-state index in [-0.39, 0.29) is 16.8 Å². The lowest BCUT2D eigenvalue weighted by Crippen LogP contribution is -2.26. The standard InChI is InChI=1S/C8H13N3OS/c9-8(13)11-10-5-6-3-1-2-4-7(6)12/h5-6H,1-4H2,(H3,9,11,13)/b10-5+. The van der Waals surface area contributed by atoms with Crippen molar-refractivity contribution in [2.75, 3.05) is 0 Å². The Morgan fingerprint density at radius 3 is 3.08 bits per heavy atom. The molecule has 1 unspecified atom stereocenters. The van der Waals surface area contributed by atoms with Gasteiger partial charge in [0.15, 0.2) is 5.11 Å². The SMILES string of the molecule is NC(=S)N/N=C/C1CCCCC1=O. The van der Waals surface area contributed by atoms with Crippen LogP contribution in [0, 0.1) is 5.92 Å². The fourth-order valence-electron chi connectivity index (χ4n) is 1.36. The molecule has 1 fully saturated rings. The van der Waals surface area contributed by atoms with Crippen LogP contribution in [0.1, 0.15) is 25.7 Å². The summed E-state index contributed by atoms with van der Waals surface area (Å²) in [5, 5.41) is 3.91. The quantitative estimate of drug-likeness (QED) is 0.387. The van der Waals surface area contributed by atoms with Crippen LogP contribution in [0.5, 0.6) is 0 Å². The van der Waals surface area contributed by atoms with Crippen LogP contribution >= 0.6 is 12.2 Å². The molecule has 0 saturated heterocycles. The summed E-state index contributed by atoms with van der Waals surface area (Å²) < 4.78 is 0. The lowest BCUT2D eigenvalue weighted by Gasteiger charge is -2.15. The zero-order valence-corrected chi connectivity index (χ0v) is 8.14. The van der Waals surface area contributed by atoms with E-state index in [0.29, 0.717) is 6.42 Å². The van der Waals surface area contributed by atoms with Crippen LogP contribution in [-0.4, -0.2) is 17.1 Å². The lowest BCUT2D eigenvalue weighted by molar-refractivity contribution is -0.122. The second kappa shape index (κ2) is 4.91. The molecule has 4 nitrogen and oxygen atoms in total. The first-order valence-corrected chi connectivity index (χ1v) is 4.72. The molecular weight excluding hydrogens is 186 g/mol. The third-order valence-corrected chi connectivity index (χ3v) is 2.12. The number of hydrazone groups is 1. The Hall–Kier alpha value is -0.970. The van der Waals surface area contributed by atoms with Gasteiger partial charge in [0.2, 0.25) is 0 Å². The summed E-state index contributed by atoms with van der Waals surface area (Å²) >= 11 is 4.56. The fraction of sp³-hybridized carbons (Fsp3) is 0.625. The van der Waals surface area contributed by atoms with E-state index in [1.807, 2.05) is 0 Å². The Bertz CT molecular complexity index is 240. The number of nitrogens with zero attached hydrogens (tertiary/aromatic N) is 1. The smallest absolute Gasteiger partial charge is 0.184 e. The number of nitrogens with two attached hydrogens (primary N) is 1. The minimum Gasteiger partial charge on any atom is -0.375 e. The highest BCUT2D eigenvalue weighted by atomic mass is 32.1. The molecule has 1 saturated carbocycles. The van der Waals surface area contributed by atoms with Gasteiger partial charge in [-0.1, -0.05) is 6.42 Å². The maximum Gasteiger partial charge on any atom is 0.184 e. The summed E-state index contributed by atoms with van der Waals surface area (Å²) in [6, 6.07) is 0. The number of ketones is 1. The molecule has 5 heteroatoms. The van der Waals surface area contributed by atoms with Gasteiger partial charge in [0.25, 0.3) is 0 Å². The van der Waals surface area contributed by atoms with E-state index in [1.54, 1.807) is 6.21 Å². The number of nitrogens with one attached hydrogen (secondary N) is 1. The van der Waals surface area contributed by atoms with Gasteiger partial charge in [-0.3, -0.25) is 10.2 Å². The van der Waals surface area contributed by atoms with Crippen LogP contribution in [-0.2, 0) is 4.79 Å². The molecule has 13 heavy (non-hydrogen) atoms. The zero-order chi connectivity index (χ0) is 9.68. The van der Waals surface area contributed by atoms with E-state index in [9.17, 15) is 4.79 Å². The van der Waals surface area contributed by atoms with Gasteiger partial charge in [-0.25, -0.2) is 0 Å². The maximum absolute atomic E-state index is 11.3. The van der Waals surface area contributed by atoms with Crippen LogP contribution in [0.4, 0.5) is 0 Å². The monoisotopic (exact) mass is 199 g/mol. The molecule has 1 atom stereocenters. The van der Waals surface area contributed by atoms with Crippen molar-refractivity contribution in [1.82, 2.24) is 5.43 Å². The molecule has 0 aromatic heterocycles. The summed E-state index contributed by atoms with van der Waals surface area (Å²) in [5.41, 5.74) is 7.60. The number of hydrogen-bond acceptors (Lipinski definition) is 3. The molecule has 1 aliphatic carbocycles. The highest BCUT2D eigenvalue weighted by molar-refractivity contribution is 7.80. The molecule has 0 amide bonds. The van der Waals surface area contributed by atoms with E-state index >= 15 is 0 Å². The number of Topliss-reactive ketones (excluding diaryl/α,β-unsaturated/α-hetero) is 1. The highest BCUT2D eigenvalue weighted by Crippen LogP contribution is 2.18. The maximum atomic E-state index is 11.3. The van der Waals surface area contributed by atoms with Gasteiger partial charge in [-0.15, -0.1) is 0 Å². The molecule has 3 N–H and O–H groups in total. The Morgan fingerprint density at radius 2 is 2.46 bits per heavy atom. The lowest BCUT2D eigenvalue weighted by atomic mass is 9.89. The zero-order valence-electron chi connectivity index (χ0n) is 7.32. The normalized spacial score (nSPS) is 23.4. The average Bonchev–Trinajstić information content (AvgIpc) is 2.08. The Labute approximate surface area is 82.6 Å². The Morgan fingerprint density at radius 1 is 1.69 bits per heavy atom. The van der Waals surface area contributed by atoms with Crippen molar-refractivity contribution in [2.45, 2.75) is 25.7 Å². The van der Waals surface area contributed by atoms with Crippen molar-refractivity contribution in [2.24, 2.45) is 16.8 Å². The molecule has 0 bridgehead atoms.